The summed E-state index contributed by atoms with van der Waals surface area (Å²) in [6.07, 6.45) is 3.83. The first kappa shape index (κ1) is 13.8. The summed E-state index contributed by atoms with van der Waals surface area (Å²) in [5.74, 6) is 1.73. The first-order valence-corrected chi connectivity index (χ1v) is 7.95. The Bertz CT molecular complexity index is 892. The number of furan rings is 1. The second-order valence-electron chi connectivity index (χ2n) is 5.64. The first-order valence-electron chi connectivity index (χ1n) is 7.95. The van der Waals surface area contributed by atoms with Gasteiger partial charge in [-0.3, -0.25) is 0 Å². The fraction of sp³-hybridized carbons (Fsp3) is 0.150. The lowest BCUT2D eigenvalue weighted by Gasteiger charge is -2.08. The predicted molar refractivity (Wildman–Crippen MR) is 92.2 cm³/mol. The Hall–Kier alpha value is -2.81. The number of aryl methyl sites for hydroxylation is 2. The van der Waals surface area contributed by atoms with Crippen molar-refractivity contribution in [3.8, 4) is 11.6 Å². The zero-order valence-corrected chi connectivity index (χ0v) is 12.9. The number of para-hydroxylation sites is 2. The van der Waals surface area contributed by atoms with E-state index >= 15 is 0 Å². The van der Waals surface area contributed by atoms with Crippen molar-refractivity contribution >= 4 is 11.0 Å². The van der Waals surface area contributed by atoms with Gasteiger partial charge in [0, 0.05) is 6.54 Å². The molecule has 0 N–H and O–H groups in total. The average Bonchev–Trinajstić information content (AvgIpc) is 3.24. The lowest BCUT2D eigenvalue weighted by atomic mass is 10.1. The monoisotopic (exact) mass is 302 g/mol. The highest BCUT2D eigenvalue weighted by atomic mass is 16.3. The van der Waals surface area contributed by atoms with Crippen LogP contribution >= 0.6 is 0 Å². The first-order chi connectivity index (χ1) is 11.4. The second-order valence-corrected chi connectivity index (χ2v) is 5.64. The highest BCUT2D eigenvalue weighted by molar-refractivity contribution is 5.79. The predicted octanol–water partition coefficient (Wildman–Crippen LogP) is 4.93. The SMILES string of the molecule is c1ccc(CCCn2c(-c3ccco3)nc3ccccc32)cc1. The summed E-state index contributed by atoms with van der Waals surface area (Å²) in [4.78, 5) is 4.75. The number of benzene rings is 2. The van der Waals surface area contributed by atoms with Gasteiger partial charge in [0.25, 0.3) is 0 Å². The number of imidazole rings is 1. The third-order valence-electron chi connectivity index (χ3n) is 4.09. The summed E-state index contributed by atoms with van der Waals surface area (Å²) in [6.45, 7) is 0.922. The third kappa shape index (κ3) is 2.78. The number of hydrogen-bond acceptors (Lipinski definition) is 2. The molecular weight excluding hydrogens is 284 g/mol. The van der Waals surface area contributed by atoms with Gasteiger partial charge in [0.15, 0.2) is 11.6 Å². The van der Waals surface area contributed by atoms with E-state index in [1.165, 1.54) is 5.56 Å². The van der Waals surface area contributed by atoms with Crippen LogP contribution < -0.4 is 0 Å². The molecule has 0 aliphatic rings. The fourth-order valence-electron chi connectivity index (χ4n) is 2.98. The molecule has 3 nitrogen and oxygen atoms in total. The van der Waals surface area contributed by atoms with Crippen LogP contribution in [-0.4, -0.2) is 9.55 Å². The van der Waals surface area contributed by atoms with Gasteiger partial charge < -0.3 is 8.98 Å². The minimum absolute atomic E-state index is 0.820. The molecule has 0 unspecified atom stereocenters. The van der Waals surface area contributed by atoms with Gasteiger partial charge in [-0.15, -0.1) is 0 Å². The summed E-state index contributed by atoms with van der Waals surface area (Å²) < 4.78 is 7.83. The Labute approximate surface area is 135 Å². The highest BCUT2D eigenvalue weighted by Gasteiger charge is 2.13. The van der Waals surface area contributed by atoms with E-state index in [1.54, 1.807) is 6.26 Å². The average molecular weight is 302 g/mol. The standard InChI is InChI=1S/C20H18N2O/c1-2-8-16(9-3-1)10-6-14-22-18-12-5-4-11-17(18)21-20(22)19-13-7-15-23-19/h1-5,7-9,11-13,15H,6,10,14H2. The minimum atomic E-state index is 0.820. The maximum Gasteiger partial charge on any atom is 0.177 e. The maximum atomic E-state index is 5.57. The van der Waals surface area contributed by atoms with E-state index in [1.807, 2.05) is 18.2 Å². The Morgan fingerprint density at radius 1 is 0.870 bits per heavy atom. The van der Waals surface area contributed by atoms with Crippen molar-refractivity contribution in [2.45, 2.75) is 19.4 Å². The van der Waals surface area contributed by atoms with E-state index in [0.29, 0.717) is 0 Å². The molecule has 0 radical (unpaired) electrons. The molecular formula is C20H18N2O. The topological polar surface area (TPSA) is 31.0 Å². The molecule has 0 saturated heterocycles. The van der Waals surface area contributed by atoms with Crippen molar-refractivity contribution in [1.29, 1.82) is 0 Å². The van der Waals surface area contributed by atoms with Crippen molar-refractivity contribution in [1.82, 2.24) is 9.55 Å². The van der Waals surface area contributed by atoms with Crippen LogP contribution in [-0.2, 0) is 13.0 Å². The van der Waals surface area contributed by atoms with Crippen LogP contribution in [0.1, 0.15) is 12.0 Å². The zero-order chi connectivity index (χ0) is 15.5. The molecule has 4 rings (SSSR count). The van der Waals surface area contributed by atoms with Crippen LogP contribution in [0.4, 0.5) is 0 Å². The fourth-order valence-corrected chi connectivity index (χ4v) is 2.98. The molecule has 0 atom stereocenters. The largest absolute Gasteiger partial charge is 0.461 e. The van der Waals surface area contributed by atoms with E-state index in [-0.39, 0.29) is 0 Å². The molecule has 0 bridgehead atoms. The summed E-state index contributed by atoms with van der Waals surface area (Å²) in [7, 11) is 0. The van der Waals surface area contributed by atoms with Crippen molar-refractivity contribution in [3.63, 3.8) is 0 Å². The molecule has 3 heteroatoms. The van der Waals surface area contributed by atoms with Gasteiger partial charge in [0.05, 0.1) is 17.3 Å². The minimum Gasteiger partial charge on any atom is -0.461 e. The Morgan fingerprint density at radius 2 is 1.70 bits per heavy atom. The molecule has 2 heterocycles. The molecule has 23 heavy (non-hydrogen) atoms. The van der Waals surface area contributed by atoms with Gasteiger partial charge in [-0.05, 0) is 42.7 Å². The van der Waals surface area contributed by atoms with Gasteiger partial charge in [0.1, 0.15) is 0 Å². The summed E-state index contributed by atoms with van der Waals surface area (Å²) in [5.41, 5.74) is 3.54. The lowest BCUT2D eigenvalue weighted by Crippen LogP contribution is -2.02. The van der Waals surface area contributed by atoms with Crippen molar-refractivity contribution < 1.29 is 4.42 Å². The smallest absolute Gasteiger partial charge is 0.177 e. The van der Waals surface area contributed by atoms with Crippen LogP contribution in [0, 0.1) is 0 Å². The quantitative estimate of drug-likeness (QED) is 0.523. The van der Waals surface area contributed by atoms with Crippen molar-refractivity contribution in [2.24, 2.45) is 0 Å². The van der Waals surface area contributed by atoms with Crippen LogP contribution in [0.15, 0.2) is 77.4 Å². The number of hydrogen-bond donors (Lipinski definition) is 0. The Morgan fingerprint density at radius 3 is 2.52 bits per heavy atom. The van der Waals surface area contributed by atoms with E-state index in [2.05, 4.69) is 53.1 Å². The number of aromatic nitrogens is 2. The van der Waals surface area contributed by atoms with Crippen LogP contribution in [0.25, 0.3) is 22.6 Å². The molecule has 0 aliphatic carbocycles. The van der Waals surface area contributed by atoms with E-state index in [9.17, 15) is 0 Å². The third-order valence-corrected chi connectivity index (χ3v) is 4.09. The molecule has 4 aromatic rings. The number of fused-ring (bicyclic) bond motifs is 1. The van der Waals surface area contributed by atoms with Crippen molar-refractivity contribution in [3.05, 3.63) is 78.6 Å². The van der Waals surface area contributed by atoms with Gasteiger partial charge in [0.2, 0.25) is 0 Å². The second kappa shape index (κ2) is 6.13. The van der Waals surface area contributed by atoms with Crippen LogP contribution in [0.2, 0.25) is 0 Å². The van der Waals surface area contributed by atoms with E-state index < -0.39 is 0 Å². The molecule has 114 valence electrons. The van der Waals surface area contributed by atoms with Gasteiger partial charge in [-0.25, -0.2) is 4.98 Å². The zero-order valence-electron chi connectivity index (χ0n) is 12.9. The Kier molecular flexibility index (Phi) is 3.68. The van der Waals surface area contributed by atoms with Crippen molar-refractivity contribution in [2.75, 3.05) is 0 Å². The Balaban J connectivity index is 1.64. The van der Waals surface area contributed by atoms with Crippen LogP contribution in [0.5, 0.6) is 0 Å². The molecule has 0 amide bonds. The summed E-state index contributed by atoms with van der Waals surface area (Å²) in [5, 5.41) is 0. The maximum absolute atomic E-state index is 5.57. The molecule has 2 aromatic heterocycles. The van der Waals surface area contributed by atoms with Gasteiger partial charge in [-0.2, -0.15) is 0 Å². The molecule has 0 fully saturated rings. The lowest BCUT2D eigenvalue weighted by molar-refractivity contribution is 0.566. The molecule has 0 aliphatic heterocycles. The van der Waals surface area contributed by atoms with Crippen LogP contribution in [0.3, 0.4) is 0 Å². The number of nitrogens with zero attached hydrogens (tertiary/aromatic N) is 2. The number of rotatable bonds is 5. The normalized spacial score (nSPS) is 11.1. The van der Waals surface area contributed by atoms with E-state index in [4.69, 9.17) is 9.40 Å². The summed E-state index contributed by atoms with van der Waals surface area (Å²) in [6, 6.07) is 22.7. The van der Waals surface area contributed by atoms with E-state index in [0.717, 1.165) is 42.0 Å². The van der Waals surface area contributed by atoms with Gasteiger partial charge >= 0.3 is 0 Å². The molecule has 0 spiro atoms. The highest BCUT2D eigenvalue weighted by Crippen LogP contribution is 2.25. The summed E-state index contributed by atoms with van der Waals surface area (Å²) >= 11 is 0. The van der Waals surface area contributed by atoms with Gasteiger partial charge in [-0.1, -0.05) is 42.5 Å². The molecule has 0 saturated carbocycles. The molecule has 2 aromatic carbocycles.